The molecule has 0 aliphatic heterocycles. The molecule has 1 heterocycles. The quantitative estimate of drug-likeness (QED) is 0.784. The molecule has 0 saturated heterocycles. The van der Waals surface area contributed by atoms with Crippen molar-refractivity contribution < 1.29 is 19.4 Å². The monoisotopic (exact) mass is 391 g/mol. The molecular weight excluding hydrogens is 370 g/mol. The van der Waals surface area contributed by atoms with Gasteiger partial charge in [0, 0.05) is 18.7 Å². The van der Waals surface area contributed by atoms with E-state index < -0.39 is 5.60 Å². The molecule has 27 heavy (non-hydrogen) atoms. The molecule has 1 aliphatic rings. The molecule has 1 aliphatic carbocycles. The van der Waals surface area contributed by atoms with Crippen LogP contribution in [0.5, 0.6) is 17.5 Å². The van der Waals surface area contributed by atoms with Gasteiger partial charge in [-0.1, -0.05) is 30.9 Å². The number of carbonyl (C=O) groups is 1. The van der Waals surface area contributed by atoms with Gasteiger partial charge >= 0.3 is 0 Å². The van der Waals surface area contributed by atoms with Crippen LogP contribution in [0.1, 0.15) is 42.5 Å². The van der Waals surface area contributed by atoms with Gasteiger partial charge in [0.1, 0.15) is 5.75 Å². The zero-order valence-corrected chi connectivity index (χ0v) is 15.8. The normalized spacial score (nSPS) is 15.8. The SMILES string of the molecule is COc1ccc(Oc2ccc(Cl)c(C(=O)NCC3(O)CCCCC3)c2)nn1. The molecule has 2 N–H and O–H groups in total. The van der Waals surface area contributed by atoms with Gasteiger partial charge in [0.25, 0.3) is 5.91 Å². The van der Waals surface area contributed by atoms with E-state index in [0.717, 1.165) is 19.3 Å². The van der Waals surface area contributed by atoms with Gasteiger partial charge in [-0.15, -0.1) is 10.2 Å². The van der Waals surface area contributed by atoms with Gasteiger partial charge in [-0.2, -0.15) is 0 Å². The van der Waals surface area contributed by atoms with Crippen LogP contribution in [0.3, 0.4) is 0 Å². The maximum absolute atomic E-state index is 12.5. The summed E-state index contributed by atoms with van der Waals surface area (Å²) in [5.74, 6) is 0.686. The number of nitrogens with one attached hydrogen (secondary N) is 1. The average molecular weight is 392 g/mol. The molecule has 144 valence electrons. The molecule has 8 heteroatoms. The summed E-state index contributed by atoms with van der Waals surface area (Å²) in [5.41, 5.74) is -0.567. The number of aliphatic hydroxyl groups is 1. The van der Waals surface area contributed by atoms with E-state index in [4.69, 9.17) is 21.1 Å². The number of ether oxygens (including phenoxy) is 2. The summed E-state index contributed by atoms with van der Waals surface area (Å²) in [7, 11) is 1.50. The van der Waals surface area contributed by atoms with Crippen LogP contribution in [-0.2, 0) is 0 Å². The Bertz CT molecular complexity index is 792. The predicted molar refractivity (Wildman–Crippen MR) is 100 cm³/mol. The standard InChI is InChI=1S/C19H22ClN3O4/c1-26-16-7-8-17(23-22-16)27-13-5-6-15(20)14(11-13)18(24)21-12-19(25)9-3-2-4-10-19/h5-8,11,25H,2-4,9-10,12H2,1H3,(H,21,24). The Morgan fingerprint density at radius 1 is 1.19 bits per heavy atom. The third-order valence-electron chi connectivity index (χ3n) is 4.59. The summed E-state index contributed by atoms with van der Waals surface area (Å²) in [4.78, 5) is 12.5. The summed E-state index contributed by atoms with van der Waals surface area (Å²) < 4.78 is 10.6. The van der Waals surface area contributed by atoms with Gasteiger partial charge in [-0.25, -0.2) is 0 Å². The van der Waals surface area contributed by atoms with E-state index in [1.54, 1.807) is 24.3 Å². The summed E-state index contributed by atoms with van der Waals surface area (Å²) in [6, 6.07) is 7.99. The van der Waals surface area contributed by atoms with Crippen molar-refractivity contribution in [1.82, 2.24) is 15.5 Å². The van der Waals surface area contributed by atoms with Crippen LogP contribution in [-0.4, -0.2) is 40.5 Å². The van der Waals surface area contributed by atoms with Crippen LogP contribution in [0.4, 0.5) is 0 Å². The van der Waals surface area contributed by atoms with E-state index in [9.17, 15) is 9.90 Å². The highest BCUT2D eigenvalue weighted by molar-refractivity contribution is 6.33. The van der Waals surface area contributed by atoms with Crippen molar-refractivity contribution in [3.8, 4) is 17.5 Å². The lowest BCUT2D eigenvalue weighted by molar-refractivity contribution is 0.00526. The third-order valence-corrected chi connectivity index (χ3v) is 4.92. The number of aromatic nitrogens is 2. The molecular formula is C19H22ClN3O4. The van der Waals surface area contributed by atoms with Gasteiger partial charge in [-0.05, 0) is 31.0 Å². The highest BCUT2D eigenvalue weighted by Gasteiger charge is 2.29. The lowest BCUT2D eigenvalue weighted by Gasteiger charge is -2.32. The number of carbonyl (C=O) groups excluding carboxylic acids is 1. The maximum Gasteiger partial charge on any atom is 0.253 e. The molecule has 2 aromatic rings. The summed E-state index contributed by atoms with van der Waals surface area (Å²) >= 11 is 6.17. The second-order valence-electron chi connectivity index (χ2n) is 6.63. The number of benzene rings is 1. The van der Waals surface area contributed by atoms with Crippen molar-refractivity contribution >= 4 is 17.5 Å². The van der Waals surface area contributed by atoms with Crippen molar-refractivity contribution in [1.29, 1.82) is 0 Å². The Labute approximate surface area is 162 Å². The van der Waals surface area contributed by atoms with Gasteiger partial charge < -0.3 is 19.9 Å². The molecule has 0 atom stereocenters. The lowest BCUT2D eigenvalue weighted by Crippen LogP contribution is -2.44. The van der Waals surface area contributed by atoms with Crippen LogP contribution in [0.2, 0.25) is 5.02 Å². The number of hydrogen-bond donors (Lipinski definition) is 2. The molecule has 7 nitrogen and oxygen atoms in total. The van der Waals surface area contributed by atoms with Crippen molar-refractivity contribution in [3.63, 3.8) is 0 Å². The molecule has 1 saturated carbocycles. The Kier molecular flexibility index (Phi) is 6.13. The highest BCUT2D eigenvalue weighted by Crippen LogP contribution is 2.28. The second-order valence-corrected chi connectivity index (χ2v) is 7.03. The number of rotatable bonds is 6. The molecule has 0 radical (unpaired) electrons. The van der Waals surface area contributed by atoms with Crippen molar-refractivity contribution in [2.75, 3.05) is 13.7 Å². The fraction of sp³-hybridized carbons (Fsp3) is 0.421. The largest absolute Gasteiger partial charge is 0.480 e. The first-order valence-electron chi connectivity index (χ1n) is 8.85. The molecule has 0 spiro atoms. The Balaban J connectivity index is 1.67. The van der Waals surface area contributed by atoms with Crippen LogP contribution in [0.25, 0.3) is 0 Å². The van der Waals surface area contributed by atoms with E-state index in [1.165, 1.54) is 13.2 Å². The molecule has 0 unspecified atom stereocenters. The smallest absolute Gasteiger partial charge is 0.253 e. The Morgan fingerprint density at radius 3 is 2.56 bits per heavy atom. The first-order valence-corrected chi connectivity index (χ1v) is 9.23. The number of hydrogen-bond acceptors (Lipinski definition) is 6. The second kappa shape index (κ2) is 8.54. The number of amides is 1. The zero-order valence-electron chi connectivity index (χ0n) is 15.1. The average Bonchev–Trinajstić information content (AvgIpc) is 2.69. The van der Waals surface area contributed by atoms with E-state index in [-0.39, 0.29) is 23.9 Å². The van der Waals surface area contributed by atoms with E-state index in [1.807, 2.05) is 0 Å². The maximum atomic E-state index is 12.5. The lowest BCUT2D eigenvalue weighted by atomic mass is 9.85. The molecule has 1 aromatic carbocycles. The summed E-state index contributed by atoms with van der Waals surface area (Å²) in [5, 5.41) is 21.3. The summed E-state index contributed by atoms with van der Waals surface area (Å²) in [6.07, 6.45) is 4.45. The predicted octanol–water partition coefficient (Wildman–Crippen LogP) is 3.36. The highest BCUT2D eigenvalue weighted by atomic mass is 35.5. The summed E-state index contributed by atoms with van der Waals surface area (Å²) in [6.45, 7) is 0.206. The van der Waals surface area contributed by atoms with Crippen LogP contribution in [0, 0.1) is 0 Å². The fourth-order valence-corrected chi connectivity index (χ4v) is 3.26. The Morgan fingerprint density at radius 2 is 1.89 bits per heavy atom. The minimum Gasteiger partial charge on any atom is -0.480 e. The van der Waals surface area contributed by atoms with Gasteiger partial charge in [0.15, 0.2) is 0 Å². The minimum atomic E-state index is -0.840. The number of nitrogens with zero attached hydrogens (tertiary/aromatic N) is 2. The van der Waals surface area contributed by atoms with Crippen LogP contribution < -0.4 is 14.8 Å². The van der Waals surface area contributed by atoms with Crippen molar-refractivity contribution in [2.24, 2.45) is 0 Å². The topological polar surface area (TPSA) is 93.6 Å². The van der Waals surface area contributed by atoms with Gasteiger partial charge in [-0.3, -0.25) is 4.79 Å². The molecule has 0 bridgehead atoms. The molecule has 1 fully saturated rings. The van der Waals surface area contributed by atoms with Crippen LogP contribution >= 0.6 is 11.6 Å². The third kappa shape index (κ3) is 5.08. The van der Waals surface area contributed by atoms with Gasteiger partial charge in [0.2, 0.25) is 11.8 Å². The number of methoxy groups -OCH3 is 1. The van der Waals surface area contributed by atoms with Crippen LogP contribution in [0.15, 0.2) is 30.3 Å². The first-order chi connectivity index (χ1) is 13.0. The Hall–Kier alpha value is -2.38. The zero-order chi connectivity index (χ0) is 19.3. The van der Waals surface area contributed by atoms with E-state index in [0.29, 0.717) is 29.5 Å². The minimum absolute atomic E-state index is 0.206. The first kappa shape index (κ1) is 19.4. The van der Waals surface area contributed by atoms with Crippen molar-refractivity contribution in [3.05, 3.63) is 40.9 Å². The van der Waals surface area contributed by atoms with E-state index >= 15 is 0 Å². The fourth-order valence-electron chi connectivity index (χ4n) is 3.06. The molecule has 3 rings (SSSR count). The van der Waals surface area contributed by atoms with E-state index in [2.05, 4.69) is 15.5 Å². The molecule has 1 amide bonds. The number of halogens is 1. The van der Waals surface area contributed by atoms with Crippen molar-refractivity contribution in [2.45, 2.75) is 37.7 Å². The molecule has 1 aromatic heterocycles. The van der Waals surface area contributed by atoms with Gasteiger partial charge in [0.05, 0.1) is 23.3 Å².